The maximum atomic E-state index is 13.8. The summed E-state index contributed by atoms with van der Waals surface area (Å²) in [6.45, 7) is 6.19. The van der Waals surface area contributed by atoms with Gasteiger partial charge in [0.15, 0.2) is 9.84 Å². The van der Waals surface area contributed by atoms with Crippen molar-refractivity contribution in [3.8, 4) is 22.6 Å². The van der Waals surface area contributed by atoms with E-state index < -0.39 is 41.9 Å². The first-order valence-electron chi connectivity index (χ1n) is 13.4. The number of hydrogen-bond acceptors (Lipinski definition) is 5. The molecule has 0 aliphatic carbocycles. The van der Waals surface area contributed by atoms with E-state index in [-0.39, 0.29) is 4.90 Å². The van der Waals surface area contributed by atoms with Gasteiger partial charge in [0.25, 0.3) is 5.91 Å². The van der Waals surface area contributed by atoms with Crippen LogP contribution in [0.4, 0.5) is 0 Å². The number of nitrogens with one attached hydrogen (secondary N) is 1. The van der Waals surface area contributed by atoms with E-state index in [1.54, 1.807) is 29.2 Å². The molecule has 0 fully saturated rings. The summed E-state index contributed by atoms with van der Waals surface area (Å²) in [4.78, 5) is 32.4. The molecule has 1 aliphatic rings. The largest absolute Gasteiger partial charge is 0.467 e. The Kier molecular flexibility index (Phi) is 7.96. The summed E-state index contributed by atoms with van der Waals surface area (Å²) in [7, 11) is -3.85. The molecule has 216 valence electrons. The lowest BCUT2D eigenvalue weighted by Crippen LogP contribution is -2.51. The third-order valence-electron chi connectivity index (χ3n) is 7.28. The Balaban J connectivity index is 1.66. The summed E-state index contributed by atoms with van der Waals surface area (Å²) in [5, 5.41) is 0.973. The molecular formula is C32H31BrN2O5SSi. The average molecular weight is 664 g/mol. The van der Waals surface area contributed by atoms with Crippen LogP contribution < -0.4 is 0 Å². The highest BCUT2D eigenvalue weighted by atomic mass is 79.9. The number of hydrogen-bond donors (Lipinski definition) is 1. The quantitative estimate of drug-likeness (QED) is 0.167. The van der Waals surface area contributed by atoms with Crippen molar-refractivity contribution in [2.75, 3.05) is 13.4 Å². The maximum absolute atomic E-state index is 13.8. The van der Waals surface area contributed by atoms with E-state index in [1.165, 1.54) is 13.4 Å². The van der Waals surface area contributed by atoms with Crippen molar-refractivity contribution in [2.24, 2.45) is 0 Å². The zero-order valence-electron chi connectivity index (χ0n) is 24.0. The highest BCUT2D eigenvalue weighted by Crippen LogP contribution is 2.42. The van der Waals surface area contributed by atoms with Gasteiger partial charge in [-0.05, 0) is 58.5 Å². The van der Waals surface area contributed by atoms with Crippen molar-refractivity contribution in [2.45, 2.75) is 43.0 Å². The third-order valence-corrected chi connectivity index (χ3v) is 9.78. The number of halogens is 1. The van der Waals surface area contributed by atoms with Crippen LogP contribution in [-0.4, -0.2) is 57.7 Å². The SMILES string of the molecule is COC(=O)C1Cc2c([nH]c3ccc(Br)cc23)C(c2ccc(-c3ccc(S(C)(=O)=O)cc3)cc2)N1C(=O)C#C[Si](C)(C)C. The Morgan fingerprint density at radius 2 is 1.62 bits per heavy atom. The smallest absolute Gasteiger partial charge is 0.328 e. The summed E-state index contributed by atoms with van der Waals surface area (Å²) in [6.07, 6.45) is 1.47. The summed E-state index contributed by atoms with van der Waals surface area (Å²) in [5.41, 5.74) is 8.39. The maximum Gasteiger partial charge on any atom is 0.328 e. The van der Waals surface area contributed by atoms with Gasteiger partial charge in [-0.3, -0.25) is 4.79 Å². The van der Waals surface area contributed by atoms with Gasteiger partial charge in [0.05, 0.1) is 18.0 Å². The van der Waals surface area contributed by atoms with Crippen molar-refractivity contribution >= 4 is 56.6 Å². The standard InChI is InChI=1S/C32H31BrN2O5SSi/c1-40-32(37)28-19-26-25-18-23(33)12-15-27(25)34-30(26)31(35(28)29(36)16-17-42(3,4)5)22-8-6-20(7-9-22)21-10-13-24(14-11-21)41(2,38)39/h6-15,18,28,31,34H,19H2,1-5H3. The van der Waals surface area contributed by atoms with Gasteiger partial charge in [0.1, 0.15) is 14.1 Å². The number of sulfone groups is 1. The van der Waals surface area contributed by atoms with E-state index in [2.05, 4.69) is 52.0 Å². The lowest BCUT2D eigenvalue weighted by Gasteiger charge is -2.40. The van der Waals surface area contributed by atoms with Crippen LogP contribution in [0.5, 0.6) is 0 Å². The summed E-state index contributed by atoms with van der Waals surface area (Å²) in [5.74, 6) is 1.92. The number of esters is 1. The Bertz CT molecular complexity index is 1860. The first-order chi connectivity index (χ1) is 19.8. The number of fused-ring (bicyclic) bond motifs is 3. The van der Waals surface area contributed by atoms with Crippen LogP contribution in [0.25, 0.3) is 22.0 Å². The summed E-state index contributed by atoms with van der Waals surface area (Å²) >= 11 is 3.56. The first-order valence-corrected chi connectivity index (χ1v) is 19.6. The zero-order chi connectivity index (χ0) is 30.4. The second kappa shape index (κ2) is 11.2. The Labute approximate surface area is 255 Å². The number of aromatic nitrogens is 1. The predicted octanol–water partition coefficient (Wildman–Crippen LogP) is 5.90. The van der Waals surface area contributed by atoms with Crippen LogP contribution in [0, 0.1) is 11.5 Å². The van der Waals surface area contributed by atoms with Gasteiger partial charge >= 0.3 is 5.97 Å². The van der Waals surface area contributed by atoms with Crippen LogP contribution >= 0.6 is 15.9 Å². The molecule has 3 aromatic carbocycles. The molecule has 1 amide bonds. The molecule has 10 heteroatoms. The van der Waals surface area contributed by atoms with Crippen molar-refractivity contribution in [3.05, 3.63) is 88.0 Å². The number of carbonyl (C=O) groups excluding carboxylic acids is 2. The van der Waals surface area contributed by atoms with E-state index in [9.17, 15) is 18.0 Å². The van der Waals surface area contributed by atoms with E-state index >= 15 is 0 Å². The fourth-order valence-electron chi connectivity index (χ4n) is 5.28. The molecule has 7 nitrogen and oxygen atoms in total. The van der Waals surface area contributed by atoms with Crippen LogP contribution in [0.1, 0.15) is 22.9 Å². The molecule has 0 spiro atoms. The van der Waals surface area contributed by atoms with Gasteiger partial charge in [0.2, 0.25) is 0 Å². The van der Waals surface area contributed by atoms with Crippen LogP contribution in [0.2, 0.25) is 19.6 Å². The third kappa shape index (κ3) is 5.95. The molecule has 5 rings (SSSR count). The van der Waals surface area contributed by atoms with Crippen molar-refractivity contribution in [1.29, 1.82) is 0 Å². The second-order valence-corrected chi connectivity index (χ2v) is 19.2. The number of methoxy groups -OCH3 is 1. The Morgan fingerprint density at radius 1 is 1.00 bits per heavy atom. The van der Waals surface area contributed by atoms with Gasteiger partial charge in [-0.2, -0.15) is 0 Å². The first kappa shape index (κ1) is 29.8. The number of carbonyl (C=O) groups is 2. The molecule has 0 saturated heterocycles. The number of aromatic amines is 1. The van der Waals surface area contributed by atoms with Crippen LogP contribution in [0.15, 0.2) is 76.1 Å². The van der Waals surface area contributed by atoms with Gasteiger partial charge in [0, 0.05) is 33.7 Å². The van der Waals surface area contributed by atoms with Gasteiger partial charge in [-0.15, -0.1) is 5.54 Å². The van der Waals surface area contributed by atoms with Gasteiger partial charge in [-0.1, -0.05) is 72.0 Å². The van der Waals surface area contributed by atoms with Crippen LogP contribution in [-0.2, 0) is 30.6 Å². The molecule has 42 heavy (non-hydrogen) atoms. The van der Waals surface area contributed by atoms with Crippen molar-refractivity contribution in [1.82, 2.24) is 9.88 Å². The van der Waals surface area contributed by atoms with Crippen LogP contribution in [0.3, 0.4) is 0 Å². The monoisotopic (exact) mass is 662 g/mol. The predicted molar refractivity (Wildman–Crippen MR) is 170 cm³/mol. The molecule has 1 N–H and O–H groups in total. The molecule has 4 aromatic rings. The Morgan fingerprint density at radius 3 is 2.19 bits per heavy atom. The lowest BCUT2D eigenvalue weighted by atomic mass is 9.87. The number of H-pyrrole nitrogens is 1. The number of benzene rings is 3. The number of amides is 1. The van der Waals surface area contributed by atoms with Gasteiger partial charge in [-0.25, -0.2) is 13.2 Å². The number of nitrogens with zero attached hydrogens (tertiary/aromatic N) is 1. The summed E-state index contributed by atoms with van der Waals surface area (Å²) in [6, 6.07) is 18.9. The van der Waals surface area contributed by atoms with Gasteiger partial charge < -0.3 is 14.6 Å². The minimum Gasteiger partial charge on any atom is -0.467 e. The molecule has 2 atom stereocenters. The topological polar surface area (TPSA) is 96.5 Å². The number of ether oxygens (including phenoxy) is 1. The molecule has 2 unspecified atom stereocenters. The summed E-state index contributed by atoms with van der Waals surface area (Å²) < 4.78 is 29.9. The average Bonchev–Trinajstić information content (AvgIpc) is 3.31. The van der Waals surface area contributed by atoms with E-state index in [4.69, 9.17) is 4.74 Å². The van der Waals surface area contributed by atoms with Crippen molar-refractivity contribution in [3.63, 3.8) is 0 Å². The highest BCUT2D eigenvalue weighted by molar-refractivity contribution is 9.10. The molecule has 0 radical (unpaired) electrons. The van der Waals surface area contributed by atoms with E-state index in [0.717, 1.165) is 43.3 Å². The second-order valence-electron chi connectivity index (χ2n) is 11.5. The zero-order valence-corrected chi connectivity index (χ0v) is 27.4. The minimum absolute atomic E-state index is 0.255. The molecule has 0 saturated carbocycles. The Hall–Kier alpha value is -3.65. The molecular weight excluding hydrogens is 632 g/mol. The fraction of sp³-hybridized carbons (Fsp3) is 0.250. The van der Waals surface area contributed by atoms with E-state index in [0.29, 0.717) is 6.42 Å². The minimum atomic E-state index is -3.30. The number of rotatable bonds is 4. The molecule has 1 aliphatic heterocycles. The normalized spacial score (nSPS) is 16.9. The lowest BCUT2D eigenvalue weighted by molar-refractivity contribution is -0.153. The molecule has 0 bridgehead atoms. The molecule has 2 heterocycles. The highest BCUT2D eigenvalue weighted by Gasteiger charge is 2.44. The van der Waals surface area contributed by atoms with Crippen molar-refractivity contribution < 1.29 is 22.7 Å². The molecule has 1 aromatic heterocycles. The van der Waals surface area contributed by atoms with E-state index in [1.807, 2.05) is 42.5 Å². The fourth-order valence-corrected chi connectivity index (χ4v) is 6.76.